The molecule has 0 spiro atoms. The maximum Gasteiger partial charge on any atom is 0.289 e. The molecule has 4 nitrogen and oxygen atoms in total. The zero-order valence-electron chi connectivity index (χ0n) is 7.75. The first-order chi connectivity index (χ1) is 6.25. The van der Waals surface area contributed by atoms with Gasteiger partial charge in [-0.05, 0) is 12.8 Å². The minimum atomic E-state index is -0.336. The minimum Gasteiger partial charge on any atom is -0.359 e. The topological polar surface area (TPSA) is 58.9 Å². The van der Waals surface area contributed by atoms with Gasteiger partial charge >= 0.3 is 0 Å². The average molecular weight is 182 g/mol. The molecule has 0 saturated heterocycles. The number of hydrogen-bond acceptors (Lipinski definition) is 2. The maximum absolute atomic E-state index is 10.5. The molecule has 0 aliphatic heterocycles. The molecule has 0 aromatic carbocycles. The van der Waals surface area contributed by atoms with Gasteiger partial charge in [-0.1, -0.05) is 19.8 Å². The lowest BCUT2D eigenvalue weighted by Crippen LogP contribution is -1.93. The molecular formula is C9H14N2O2. The summed E-state index contributed by atoms with van der Waals surface area (Å²) in [6, 6.07) is 1.52. The number of hydrogen-bond donors (Lipinski definition) is 1. The van der Waals surface area contributed by atoms with Gasteiger partial charge in [-0.3, -0.25) is 10.1 Å². The van der Waals surface area contributed by atoms with E-state index in [0.29, 0.717) is 0 Å². The van der Waals surface area contributed by atoms with E-state index >= 15 is 0 Å². The Hall–Kier alpha value is -1.32. The molecule has 0 unspecified atom stereocenters. The molecule has 4 heteroatoms. The molecule has 72 valence electrons. The van der Waals surface area contributed by atoms with Crippen molar-refractivity contribution in [3.05, 3.63) is 28.1 Å². The van der Waals surface area contributed by atoms with Gasteiger partial charge in [0.2, 0.25) is 0 Å². The van der Waals surface area contributed by atoms with Gasteiger partial charge < -0.3 is 4.98 Å². The molecule has 0 radical (unpaired) electrons. The molecule has 1 aromatic rings. The van der Waals surface area contributed by atoms with Crippen LogP contribution in [0.4, 0.5) is 5.69 Å². The van der Waals surface area contributed by atoms with Crippen LogP contribution in [0.3, 0.4) is 0 Å². The number of nitrogens with zero attached hydrogens (tertiary/aromatic N) is 1. The summed E-state index contributed by atoms with van der Waals surface area (Å²) in [6.45, 7) is 2.11. The van der Waals surface area contributed by atoms with E-state index in [-0.39, 0.29) is 10.6 Å². The monoisotopic (exact) mass is 182 g/mol. The predicted molar refractivity (Wildman–Crippen MR) is 50.7 cm³/mol. The minimum absolute atomic E-state index is 0.219. The molecule has 1 rings (SSSR count). The van der Waals surface area contributed by atoms with Crippen molar-refractivity contribution in [3.8, 4) is 0 Å². The maximum atomic E-state index is 10.5. The molecule has 0 fully saturated rings. The summed E-state index contributed by atoms with van der Waals surface area (Å²) in [7, 11) is 0. The van der Waals surface area contributed by atoms with Crippen LogP contribution >= 0.6 is 0 Å². The first-order valence-electron chi connectivity index (χ1n) is 4.56. The summed E-state index contributed by atoms with van der Waals surface area (Å²) in [4.78, 5) is 13.1. The zero-order valence-corrected chi connectivity index (χ0v) is 7.75. The number of unbranched alkanes of at least 4 members (excludes halogenated alkanes) is 2. The molecule has 13 heavy (non-hydrogen) atoms. The Labute approximate surface area is 77.1 Å². The predicted octanol–water partition coefficient (Wildman–Crippen LogP) is 2.66. The van der Waals surface area contributed by atoms with E-state index in [0.717, 1.165) is 31.4 Å². The zero-order chi connectivity index (χ0) is 9.68. The van der Waals surface area contributed by atoms with Gasteiger partial charge in [0, 0.05) is 12.3 Å². The van der Waals surface area contributed by atoms with Crippen molar-refractivity contribution in [2.24, 2.45) is 0 Å². The van der Waals surface area contributed by atoms with Crippen molar-refractivity contribution < 1.29 is 4.92 Å². The summed E-state index contributed by atoms with van der Waals surface area (Å²) in [5, 5.41) is 10.5. The second kappa shape index (κ2) is 4.64. The highest BCUT2D eigenvalue weighted by Gasteiger charge is 2.12. The highest BCUT2D eigenvalue weighted by molar-refractivity contribution is 5.35. The van der Waals surface area contributed by atoms with Crippen LogP contribution in [0, 0.1) is 10.1 Å². The third-order valence-electron chi connectivity index (χ3n) is 2.03. The van der Waals surface area contributed by atoms with Gasteiger partial charge in [0.1, 0.15) is 0 Å². The number of aromatic nitrogens is 1. The van der Waals surface area contributed by atoms with Crippen LogP contribution in [0.5, 0.6) is 0 Å². The van der Waals surface area contributed by atoms with E-state index < -0.39 is 0 Å². The number of aromatic amines is 1. The fourth-order valence-electron chi connectivity index (χ4n) is 1.32. The van der Waals surface area contributed by atoms with E-state index in [9.17, 15) is 10.1 Å². The van der Waals surface area contributed by atoms with E-state index in [1.54, 1.807) is 6.20 Å². The largest absolute Gasteiger partial charge is 0.359 e. The smallest absolute Gasteiger partial charge is 0.289 e. The second-order valence-corrected chi connectivity index (χ2v) is 3.06. The molecule has 0 bridgehead atoms. The lowest BCUT2D eigenvalue weighted by molar-refractivity contribution is -0.385. The summed E-state index contributed by atoms with van der Waals surface area (Å²) in [5.41, 5.74) is 0.967. The van der Waals surface area contributed by atoms with E-state index in [1.165, 1.54) is 6.07 Å². The van der Waals surface area contributed by atoms with Crippen molar-refractivity contribution in [2.75, 3.05) is 0 Å². The highest BCUT2D eigenvalue weighted by atomic mass is 16.6. The highest BCUT2D eigenvalue weighted by Crippen LogP contribution is 2.18. The molecule has 1 aromatic heterocycles. The first-order valence-corrected chi connectivity index (χ1v) is 4.56. The van der Waals surface area contributed by atoms with Crippen LogP contribution in [0.25, 0.3) is 0 Å². The van der Waals surface area contributed by atoms with E-state index in [1.807, 2.05) is 0 Å². The molecule has 0 aliphatic carbocycles. The molecule has 0 amide bonds. The number of rotatable bonds is 5. The Balaban J connectivity index is 2.55. The van der Waals surface area contributed by atoms with Crippen LogP contribution in [0.2, 0.25) is 0 Å². The molecule has 1 N–H and O–H groups in total. The van der Waals surface area contributed by atoms with Crippen molar-refractivity contribution in [3.63, 3.8) is 0 Å². The molecule has 0 atom stereocenters. The Morgan fingerprint density at radius 3 is 2.92 bits per heavy atom. The quantitative estimate of drug-likeness (QED) is 0.432. The number of nitro groups is 1. The Kier molecular flexibility index (Phi) is 3.49. The van der Waals surface area contributed by atoms with Gasteiger partial charge in [-0.25, -0.2) is 0 Å². The van der Waals surface area contributed by atoms with Crippen LogP contribution in [0.1, 0.15) is 31.9 Å². The standard InChI is InChI=1S/C9H14N2O2/c1-2-3-4-5-8-9(11(12)13)6-7-10-8/h6-7,10H,2-5H2,1H3. The lowest BCUT2D eigenvalue weighted by Gasteiger charge is -1.96. The number of aryl methyl sites for hydroxylation is 1. The van der Waals surface area contributed by atoms with Gasteiger partial charge in [0.15, 0.2) is 0 Å². The fourth-order valence-corrected chi connectivity index (χ4v) is 1.32. The van der Waals surface area contributed by atoms with Gasteiger partial charge in [0.25, 0.3) is 5.69 Å². The van der Waals surface area contributed by atoms with Gasteiger partial charge in [-0.15, -0.1) is 0 Å². The average Bonchev–Trinajstić information content (AvgIpc) is 2.53. The van der Waals surface area contributed by atoms with Crippen molar-refractivity contribution in [1.29, 1.82) is 0 Å². The second-order valence-electron chi connectivity index (χ2n) is 3.06. The third kappa shape index (κ3) is 2.57. The molecule has 1 heterocycles. The Bertz CT molecular complexity index is 281. The van der Waals surface area contributed by atoms with Gasteiger partial charge in [0.05, 0.1) is 10.6 Å². The Morgan fingerprint density at radius 2 is 2.31 bits per heavy atom. The van der Waals surface area contributed by atoms with Crippen molar-refractivity contribution in [2.45, 2.75) is 32.6 Å². The summed E-state index contributed by atoms with van der Waals surface area (Å²) < 4.78 is 0. The van der Waals surface area contributed by atoms with Crippen LogP contribution < -0.4 is 0 Å². The van der Waals surface area contributed by atoms with Crippen molar-refractivity contribution in [1.82, 2.24) is 4.98 Å². The van der Waals surface area contributed by atoms with Crippen LogP contribution in [0.15, 0.2) is 12.3 Å². The number of nitrogens with one attached hydrogen (secondary N) is 1. The van der Waals surface area contributed by atoms with Gasteiger partial charge in [-0.2, -0.15) is 0 Å². The van der Waals surface area contributed by atoms with Crippen LogP contribution in [-0.4, -0.2) is 9.91 Å². The molecule has 0 aliphatic rings. The number of H-pyrrole nitrogens is 1. The van der Waals surface area contributed by atoms with Crippen LogP contribution in [-0.2, 0) is 6.42 Å². The lowest BCUT2D eigenvalue weighted by atomic mass is 10.1. The van der Waals surface area contributed by atoms with E-state index in [4.69, 9.17) is 0 Å². The summed E-state index contributed by atoms with van der Waals surface area (Å²) >= 11 is 0. The fraction of sp³-hybridized carbons (Fsp3) is 0.556. The first kappa shape index (κ1) is 9.77. The SMILES string of the molecule is CCCCCc1[nH]ccc1[N+](=O)[O-]. The third-order valence-corrected chi connectivity index (χ3v) is 2.03. The summed E-state index contributed by atoms with van der Waals surface area (Å²) in [5.74, 6) is 0. The summed E-state index contributed by atoms with van der Waals surface area (Å²) in [6.07, 6.45) is 5.67. The molecular weight excluding hydrogens is 168 g/mol. The molecule has 0 saturated carbocycles. The normalized spacial score (nSPS) is 10.2. The Morgan fingerprint density at radius 1 is 1.54 bits per heavy atom. The van der Waals surface area contributed by atoms with E-state index in [2.05, 4.69) is 11.9 Å². The van der Waals surface area contributed by atoms with Crippen molar-refractivity contribution >= 4 is 5.69 Å².